The van der Waals surface area contributed by atoms with Crippen LogP contribution < -0.4 is 0 Å². The maximum absolute atomic E-state index is 4.11. The second kappa shape index (κ2) is 4.49. The number of hydrogen-bond acceptors (Lipinski definition) is 0. The largest absolute Gasteiger partial charge is 0.103 e. The van der Waals surface area contributed by atoms with E-state index in [1.807, 2.05) is 5.57 Å². The zero-order valence-electron chi connectivity index (χ0n) is 14.0. The molecule has 0 saturated heterocycles. The van der Waals surface area contributed by atoms with Crippen LogP contribution in [0.1, 0.15) is 72.6 Å². The fourth-order valence-electron chi connectivity index (χ4n) is 5.55. The van der Waals surface area contributed by atoms with Gasteiger partial charge in [0.2, 0.25) is 0 Å². The Bertz CT molecular complexity index is 441. The highest BCUT2D eigenvalue weighted by Gasteiger charge is 2.52. The molecule has 0 spiro atoms. The SMILES string of the molecule is C=C[C@@]1(C)CC[C@]2(C)[C@@H](CC=C3[C@H]2CCCC3(C)C)C1. The van der Waals surface area contributed by atoms with Crippen LogP contribution in [0.5, 0.6) is 0 Å². The second-order valence-corrected chi connectivity index (χ2v) is 8.99. The van der Waals surface area contributed by atoms with E-state index in [4.69, 9.17) is 0 Å². The van der Waals surface area contributed by atoms with Crippen molar-refractivity contribution in [2.24, 2.45) is 28.1 Å². The number of fused-ring (bicyclic) bond motifs is 3. The number of allylic oxidation sites excluding steroid dienone is 3. The first-order valence-electron chi connectivity index (χ1n) is 8.65. The van der Waals surface area contributed by atoms with E-state index in [1.165, 1.54) is 44.9 Å². The van der Waals surface area contributed by atoms with Crippen molar-refractivity contribution in [1.82, 2.24) is 0 Å². The summed E-state index contributed by atoms with van der Waals surface area (Å²) in [7, 11) is 0. The highest BCUT2D eigenvalue weighted by molar-refractivity contribution is 5.26. The Kier molecular flexibility index (Phi) is 3.23. The second-order valence-electron chi connectivity index (χ2n) is 8.99. The fraction of sp³-hybridized carbons (Fsp3) is 0.800. The van der Waals surface area contributed by atoms with Crippen molar-refractivity contribution in [1.29, 1.82) is 0 Å². The molecule has 0 radical (unpaired) electrons. The molecule has 3 rings (SSSR count). The van der Waals surface area contributed by atoms with Gasteiger partial charge in [-0.05, 0) is 66.6 Å². The standard InChI is InChI=1S/C20H32/c1-6-19(4)12-13-20(5)15(14-19)9-10-16-17(20)8-7-11-18(16,2)3/h6,10,15,17H,1,7-9,11-14H2,2-5H3/t15-,17+,19-,20+/m0/s1. The summed E-state index contributed by atoms with van der Waals surface area (Å²) in [5, 5.41) is 0. The lowest BCUT2D eigenvalue weighted by atomic mass is 9.47. The first-order chi connectivity index (χ1) is 9.31. The summed E-state index contributed by atoms with van der Waals surface area (Å²) in [5.41, 5.74) is 3.21. The van der Waals surface area contributed by atoms with Gasteiger partial charge in [0, 0.05) is 0 Å². The van der Waals surface area contributed by atoms with Crippen LogP contribution in [-0.4, -0.2) is 0 Å². The van der Waals surface area contributed by atoms with Gasteiger partial charge in [-0.2, -0.15) is 0 Å². The van der Waals surface area contributed by atoms with Crippen LogP contribution in [0.4, 0.5) is 0 Å². The third-order valence-electron chi connectivity index (χ3n) is 7.24. The van der Waals surface area contributed by atoms with Gasteiger partial charge in [0.1, 0.15) is 0 Å². The highest BCUT2D eigenvalue weighted by atomic mass is 14.6. The van der Waals surface area contributed by atoms with Crippen molar-refractivity contribution in [3.8, 4) is 0 Å². The van der Waals surface area contributed by atoms with Crippen LogP contribution in [0.25, 0.3) is 0 Å². The van der Waals surface area contributed by atoms with Crippen molar-refractivity contribution in [2.75, 3.05) is 0 Å². The van der Waals surface area contributed by atoms with Crippen LogP contribution in [0.15, 0.2) is 24.3 Å². The van der Waals surface area contributed by atoms with E-state index >= 15 is 0 Å². The first-order valence-corrected chi connectivity index (χ1v) is 8.65. The molecule has 3 aliphatic rings. The van der Waals surface area contributed by atoms with Crippen LogP contribution >= 0.6 is 0 Å². The Morgan fingerprint density at radius 3 is 2.60 bits per heavy atom. The fourth-order valence-corrected chi connectivity index (χ4v) is 5.55. The summed E-state index contributed by atoms with van der Waals surface area (Å²) in [6.45, 7) is 14.1. The quantitative estimate of drug-likeness (QED) is 0.503. The van der Waals surface area contributed by atoms with Crippen molar-refractivity contribution >= 4 is 0 Å². The van der Waals surface area contributed by atoms with Crippen LogP contribution in [0.3, 0.4) is 0 Å². The molecular formula is C20H32. The summed E-state index contributed by atoms with van der Waals surface area (Å²) in [4.78, 5) is 0. The molecule has 0 nitrogen and oxygen atoms in total. The lowest BCUT2D eigenvalue weighted by molar-refractivity contribution is -0.0131. The molecule has 0 aliphatic heterocycles. The Morgan fingerprint density at radius 1 is 1.15 bits per heavy atom. The van der Waals surface area contributed by atoms with Crippen LogP contribution in [-0.2, 0) is 0 Å². The molecule has 0 amide bonds. The van der Waals surface area contributed by atoms with Gasteiger partial charge in [0.25, 0.3) is 0 Å². The Balaban J connectivity index is 1.94. The van der Waals surface area contributed by atoms with Gasteiger partial charge in [0.15, 0.2) is 0 Å². The molecule has 112 valence electrons. The molecule has 20 heavy (non-hydrogen) atoms. The molecule has 0 unspecified atom stereocenters. The van der Waals surface area contributed by atoms with Gasteiger partial charge >= 0.3 is 0 Å². The Labute approximate surface area is 125 Å². The van der Waals surface area contributed by atoms with Gasteiger partial charge in [-0.1, -0.05) is 51.8 Å². The van der Waals surface area contributed by atoms with E-state index in [9.17, 15) is 0 Å². The minimum Gasteiger partial charge on any atom is -0.103 e. The number of rotatable bonds is 1. The zero-order chi connectivity index (χ0) is 14.6. The van der Waals surface area contributed by atoms with Gasteiger partial charge in [-0.25, -0.2) is 0 Å². The van der Waals surface area contributed by atoms with E-state index in [0.29, 0.717) is 16.2 Å². The lowest BCUT2D eigenvalue weighted by Gasteiger charge is -2.58. The summed E-state index contributed by atoms with van der Waals surface area (Å²) < 4.78 is 0. The Morgan fingerprint density at radius 2 is 1.90 bits per heavy atom. The smallest absolute Gasteiger partial charge is 0.0141 e. The molecule has 0 heteroatoms. The molecule has 0 heterocycles. The van der Waals surface area contributed by atoms with E-state index < -0.39 is 0 Å². The molecular weight excluding hydrogens is 240 g/mol. The summed E-state index contributed by atoms with van der Waals surface area (Å²) in [6.07, 6.45) is 14.5. The molecule has 4 atom stereocenters. The third-order valence-corrected chi connectivity index (χ3v) is 7.24. The first kappa shape index (κ1) is 14.4. The molecule has 2 saturated carbocycles. The molecule has 2 fully saturated rings. The van der Waals surface area contributed by atoms with Crippen molar-refractivity contribution in [2.45, 2.75) is 72.6 Å². The molecule has 0 N–H and O–H groups in total. The monoisotopic (exact) mass is 272 g/mol. The Hall–Kier alpha value is -0.520. The average molecular weight is 272 g/mol. The van der Waals surface area contributed by atoms with Crippen molar-refractivity contribution in [3.63, 3.8) is 0 Å². The summed E-state index contributed by atoms with van der Waals surface area (Å²) >= 11 is 0. The van der Waals surface area contributed by atoms with Gasteiger partial charge in [0.05, 0.1) is 0 Å². The van der Waals surface area contributed by atoms with Gasteiger partial charge in [-0.15, -0.1) is 6.58 Å². The lowest BCUT2D eigenvalue weighted by Crippen LogP contribution is -2.48. The minimum absolute atomic E-state index is 0.389. The molecule has 0 bridgehead atoms. The van der Waals surface area contributed by atoms with Crippen molar-refractivity contribution < 1.29 is 0 Å². The average Bonchev–Trinajstić information content (AvgIpc) is 2.40. The number of hydrogen-bond donors (Lipinski definition) is 0. The predicted octanol–water partition coefficient (Wildman–Crippen LogP) is 6.14. The zero-order valence-corrected chi connectivity index (χ0v) is 14.0. The minimum atomic E-state index is 0.389. The summed E-state index contributed by atoms with van der Waals surface area (Å²) in [6, 6.07) is 0. The maximum atomic E-state index is 4.11. The van der Waals surface area contributed by atoms with Crippen LogP contribution in [0.2, 0.25) is 0 Å². The van der Waals surface area contributed by atoms with E-state index in [1.54, 1.807) is 0 Å². The molecule has 0 aromatic heterocycles. The highest BCUT2D eigenvalue weighted by Crippen LogP contribution is 2.63. The normalized spacial score (nSPS) is 46.9. The van der Waals surface area contributed by atoms with E-state index in [2.05, 4.69) is 46.4 Å². The maximum Gasteiger partial charge on any atom is -0.0141 e. The topological polar surface area (TPSA) is 0 Å². The van der Waals surface area contributed by atoms with Gasteiger partial charge in [-0.3, -0.25) is 0 Å². The third kappa shape index (κ3) is 2.02. The summed E-state index contributed by atoms with van der Waals surface area (Å²) in [5.74, 6) is 1.74. The van der Waals surface area contributed by atoms with Gasteiger partial charge < -0.3 is 0 Å². The molecule has 0 aromatic carbocycles. The van der Waals surface area contributed by atoms with Crippen LogP contribution in [0, 0.1) is 28.1 Å². The van der Waals surface area contributed by atoms with E-state index in [-0.39, 0.29) is 0 Å². The molecule has 0 aromatic rings. The predicted molar refractivity (Wildman–Crippen MR) is 87.6 cm³/mol. The molecule has 3 aliphatic carbocycles. The van der Waals surface area contributed by atoms with E-state index in [0.717, 1.165) is 11.8 Å². The van der Waals surface area contributed by atoms with Crippen molar-refractivity contribution in [3.05, 3.63) is 24.3 Å².